The van der Waals surface area contributed by atoms with E-state index in [0.717, 1.165) is 11.1 Å². The molecular weight excluding hydrogens is 514 g/mol. The van der Waals surface area contributed by atoms with Crippen LogP contribution >= 0.6 is 0 Å². The van der Waals surface area contributed by atoms with Crippen LogP contribution in [0.25, 0.3) is 0 Å². The van der Waals surface area contributed by atoms with Gasteiger partial charge >= 0.3 is 121 Å². The van der Waals surface area contributed by atoms with Gasteiger partial charge in [-0.05, 0) is 25.0 Å². The van der Waals surface area contributed by atoms with E-state index in [2.05, 4.69) is 10.6 Å². The molecule has 9 nitrogen and oxygen atoms in total. The number of hydrogen-bond acceptors (Lipinski definition) is 7. The topological polar surface area (TPSA) is 100 Å². The van der Waals surface area contributed by atoms with E-state index in [1.165, 1.54) is 9.80 Å². The van der Waals surface area contributed by atoms with Gasteiger partial charge in [0.05, 0.1) is 12.1 Å². The minimum atomic E-state index is -1.32. The summed E-state index contributed by atoms with van der Waals surface area (Å²) >= 11 is 0. The van der Waals surface area contributed by atoms with Gasteiger partial charge in [-0.2, -0.15) is 0 Å². The van der Waals surface area contributed by atoms with Gasteiger partial charge in [0, 0.05) is 38.3 Å². The summed E-state index contributed by atoms with van der Waals surface area (Å²) in [6, 6.07) is 18.9. The Morgan fingerprint density at radius 1 is 0.694 bits per heavy atom. The second-order valence-corrected chi connectivity index (χ2v) is 8.73. The third-order valence-electron chi connectivity index (χ3n) is 6.36. The zero-order valence-electron chi connectivity index (χ0n) is 19.3. The maximum atomic E-state index is 12.7. The number of piperazine rings is 2. The van der Waals surface area contributed by atoms with Crippen LogP contribution in [0.2, 0.25) is 0 Å². The molecule has 11 heteroatoms. The number of carbonyl (C=O) groups excluding carboxylic acids is 3. The summed E-state index contributed by atoms with van der Waals surface area (Å²) in [5, 5.41) is 6.78. The first-order valence-corrected chi connectivity index (χ1v) is 11.5. The molecule has 2 fully saturated rings. The molecule has 2 aromatic rings. The van der Waals surface area contributed by atoms with Gasteiger partial charge in [0.15, 0.2) is 0 Å². The summed E-state index contributed by atoms with van der Waals surface area (Å²) < 4.78 is 9.78. The molecule has 0 radical (unpaired) electrons. The SMILES string of the molecule is C[C@@H]1CN[C@@H](c2ccccc2)CN1C(=O)OC(=O)OC(=O)N1C[C@H](c2ccccc2)NC[C@H]1C.[KH].[KH]. The molecule has 2 aliphatic heterocycles. The number of benzene rings is 2. The van der Waals surface area contributed by atoms with Crippen LogP contribution in [-0.2, 0) is 9.47 Å². The zero-order chi connectivity index (χ0) is 24.1. The Kier molecular flexibility index (Phi) is 13.7. The average molecular weight is 547 g/mol. The fourth-order valence-electron chi connectivity index (χ4n) is 4.34. The zero-order valence-corrected chi connectivity index (χ0v) is 19.3. The average Bonchev–Trinajstić information content (AvgIpc) is 2.85. The van der Waals surface area contributed by atoms with Crippen molar-refractivity contribution in [3.05, 3.63) is 71.8 Å². The normalized spacial score (nSPS) is 23.5. The standard InChI is InChI=1S/C25H30N4O5.2K.2H/c1-17-13-26-21(19-9-5-3-6-10-19)15-28(17)23(30)33-25(32)34-24(31)29-16-22(27-14-18(29)2)20-11-7-4-8-12-20;;;;/h3-12,17-18,21-22,26-27H,13-16H2,1-2H3;;;;/t17-,18-,21-,22-;;;;/m1..../s1. The third-order valence-corrected chi connectivity index (χ3v) is 6.36. The first-order chi connectivity index (χ1) is 16.4. The molecule has 0 saturated carbocycles. The minimum absolute atomic E-state index is 0. The van der Waals surface area contributed by atoms with Crippen LogP contribution in [0, 0.1) is 0 Å². The van der Waals surface area contributed by atoms with Crippen LogP contribution in [0.15, 0.2) is 60.7 Å². The molecule has 4 rings (SSSR count). The quantitative estimate of drug-likeness (QED) is 0.338. The van der Waals surface area contributed by atoms with E-state index in [-0.39, 0.29) is 127 Å². The fourth-order valence-corrected chi connectivity index (χ4v) is 4.34. The van der Waals surface area contributed by atoms with Crippen LogP contribution < -0.4 is 10.6 Å². The summed E-state index contributed by atoms with van der Waals surface area (Å²) in [7, 11) is 0. The summed E-state index contributed by atoms with van der Waals surface area (Å²) in [5.74, 6) is 0. The number of hydrogen-bond donors (Lipinski definition) is 2. The second-order valence-electron chi connectivity index (χ2n) is 8.73. The molecule has 0 aliphatic carbocycles. The number of nitrogens with one attached hydrogen (secondary N) is 2. The summed E-state index contributed by atoms with van der Waals surface area (Å²) in [6.45, 7) is 5.47. The maximum absolute atomic E-state index is 12.7. The van der Waals surface area contributed by atoms with Crippen molar-refractivity contribution in [2.24, 2.45) is 0 Å². The van der Waals surface area contributed by atoms with E-state index in [1.807, 2.05) is 74.5 Å². The van der Waals surface area contributed by atoms with Crippen molar-refractivity contribution in [1.29, 1.82) is 0 Å². The van der Waals surface area contributed by atoms with E-state index in [1.54, 1.807) is 0 Å². The van der Waals surface area contributed by atoms with Crippen LogP contribution in [0.5, 0.6) is 0 Å². The predicted octanol–water partition coefficient (Wildman–Crippen LogP) is 2.15. The van der Waals surface area contributed by atoms with Crippen molar-refractivity contribution in [2.45, 2.75) is 38.0 Å². The molecule has 2 N–H and O–H groups in total. The Balaban J connectivity index is 0.00000228. The Morgan fingerprint density at radius 2 is 1.06 bits per heavy atom. The number of amides is 2. The van der Waals surface area contributed by atoms with Crippen LogP contribution in [0.1, 0.15) is 37.1 Å². The summed E-state index contributed by atoms with van der Waals surface area (Å²) in [5.41, 5.74) is 2.07. The molecule has 36 heavy (non-hydrogen) atoms. The van der Waals surface area contributed by atoms with Crippen molar-refractivity contribution in [3.8, 4) is 0 Å². The van der Waals surface area contributed by atoms with E-state index >= 15 is 0 Å². The predicted molar refractivity (Wildman–Crippen MR) is 139 cm³/mol. The Morgan fingerprint density at radius 3 is 1.42 bits per heavy atom. The van der Waals surface area contributed by atoms with Crippen molar-refractivity contribution in [1.82, 2.24) is 20.4 Å². The molecule has 0 spiro atoms. The molecule has 2 aromatic carbocycles. The van der Waals surface area contributed by atoms with E-state index in [0.29, 0.717) is 26.2 Å². The molecular formula is C25H32K2N4O5. The molecule has 0 aromatic heterocycles. The fraction of sp³-hybridized carbons (Fsp3) is 0.400. The van der Waals surface area contributed by atoms with Crippen LogP contribution in [0.3, 0.4) is 0 Å². The number of rotatable bonds is 2. The summed E-state index contributed by atoms with van der Waals surface area (Å²) in [6.07, 6.45) is -2.98. The Hall–Kier alpha value is -0.157. The van der Waals surface area contributed by atoms with Crippen LogP contribution in [0.4, 0.5) is 14.4 Å². The van der Waals surface area contributed by atoms with Gasteiger partial charge in [0.1, 0.15) is 0 Å². The first kappa shape index (κ1) is 32.1. The number of ether oxygens (including phenoxy) is 2. The van der Waals surface area contributed by atoms with Crippen LogP contribution in [-0.4, -0.2) is 169 Å². The van der Waals surface area contributed by atoms with Gasteiger partial charge in [0.25, 0.3) is 0 Å². The molecule has 2 saturated heterocycles. The van der Waals surface area contributed by atoms with Gasteiger partial charge in [-0.15, -0.1) is 0 Å². The van der Waals surface area contributed by atoms with Gasteiger partial charge in [-0.25, -0.2) is 14.4 Å². The van der Waals surface area contributed by atoms with Crippen molar-refractivity contribution in [3.63, 3.8) is 0 Å². The monoisotopic (exact) mass is 546 g/mol. The molecule has 4 atom stereocenters. The molecule has 0 bridgehead atoms. The second kappa shape index (κ2) is 15.4. The number of nitrogens with zero attached hydrogens (tertiary/aromatic N) is 2. The molecule has 0 unspecified atom stereocenters. The van der Waals surface area contributed by atoms with Gasteiger partial charge in [-0.1, -0.05) is 60.7 Å². The Labute approximate surface area is 296 Å². The number of carbonyl (C=O) groups is 3. The van der Waals surface area contributed by atoms with E-state index < -0.39 is 18.3 Å². The molecule has 184 valence electrons. The molecule has 2 amide bonds. The van der Waals surface area contributed by atoms with Crippen molar-refractivity contribution >= 4 is 121 Å². The first-order valence-electron chi connectivity index (χ1n) is 11.5. The van der Waals surface area contributed by atoms with Crippen molar-refractivity contribution in [2.75, 3.05) is 26.2 Å². The third kappa shape index (κ3) is 8.42. The van der Waals surface area contributed by atoms with Crippen molar-refractivity contribution < 1.29 is 23.9 Å². The summed E-state index contributed by atoms with van der Waals surface area (Å²) in [4.78, 5) is 40.6. The molecule has 2 aliphatic rings. The molecule has 2 heterocycles. The van der Waals surface area contributed by atoms with Gasteiger partial charge < -0.3 is 29.9 Å². The van der Waals surface area contributed by atoms with E-state index in [4.69, 9.17) is 9.47 Å². The van der Waals surface area contributed by atoms with Gasteiger partial charge in [0.2, 0.25) is 0 Å². The van der Waals surface area contributed by atoms with E-state index in [9.17, 15) is 14.4 Å². The van der Waals surface area contributed by atoms with Gasteiger partial charge in [-0.3, -0.25) is 0 Å². The Bertz CT molecular complexity index is 935.